The normalized spacial score (nSPS) is 10.2. The largest absolute Gasteiger partial charge is 0.465 e. The van der Waals surface area contributed by atoms with Crippen LogP contribution >= 0.6 is 0 Å². The van der Waals surface area contributed by atoms with Gasteiger partial charge in [-0.3, -0.25) is 0 Å². The van der Waals surface area contributed by atoms with E-state index in [1.165, 1.54) is 7.11 Å². The van der Waals surface area contributed by atoms with Gasteiger partial charge in [-0.05, 0) is 12.1 Å². The van der Waals surface area contributed by atoms with Gasteiger partial charge in [-0.2, -0.15) is 4.98 Å². The number of aromatic nitrogens is 2. The number of rotatable bonds is 4. The number of nitrogens with zero attached hydrogens (tertiary/aromatic N) is 2. The molecule has 0 aliphatic carbocycles. The number of benzene rings is 2. The predicted octanol–water partition coefficient (Wildman–Crippen LogP) is 3.27. The minimum Gasteiger partial charge on any atom is -0.465 e. The van der Waals surface area contributed by atoms with E-state index in [9.17, 15) is 4.79 Å². The Labute approximate surface area is 126 Å². The van der Waals surface area contributed by atoms with Gasteiger partial charge in [-0.25, -0.2) is 4.79 Å². The number of para-hydroxylation sites is 1. The van der Waals surface area contributed by atoms with Crippen LogP contribution in [0.4, 0.5) is 11.7 Å². The van der Waals surface area contributed by atoms with Crippen LogP contribution in [0, 0.1) is 0 Å². The monoisotopic (exact) mass is 295 g/mol. The van der Waals surface area contributed by atoms with Crippen molar-refractivity contribution >= 4 is 17.7 Å². The Morgan fingerprint density at radius 1 is 1.09 bits per heavy atom. The van der Waals surface area contributed by atoms with Gasteiger partial charge in [-0.15, -0.1) is 0 Å². The number of anilines is 2. The standard InChI is InChI=1S/C16H13N3O3/c1-21-15(20)12-9-5-6-10-13(12)17-16-18-14(19-22-16)11-7-3-2-4-8-11/h2-10H,1H3,(H,17,18,19). The highest BCUT2D eigenvalue weighted by Gasteiger charge is 2.14. The van der Waals surface area contributed by atoms with Gasteiger partial charge in [-0.1, -0.05) is 47.6 Å². The highest BCUT2D eigenvalue weighted by atomic mass is 16.5. The van der Waals surface area contributed by atoms with Crippen molar-refractivity contribution in [2.45, 2.75) is 0 Å². The third kappa shape index (κ3) is 2.80. The van der Waals surface area contributed by atoms with Crippen LogP contribution in [0.1, 0.15) is 10.4 Å². The molecule has 1 N–H and O–H groups in total. The maximum absolute atomic E-state index is 11.7. The molecule has 3 aromatic rings. The van der Waals surface area contributed by atoms with Crippen LogP contribution in [0.15, 0.2) is 59.1 Å². The number of nitrogens with one attached hydrogen (secondary N) is 1. The second-order valence-corrected chi connectivity index (χ2v) is 4.45. The van der Waals surface area contributed by atoms with Gasteiger partial charge in [0.2, 0.25) is 5.82 Å². The van der Waals surface area contributed by atoms with Crippen molar-refractivity contribution in [1.82, 2.24) is 10.1 Å². The van der Waals surface area contributed by atoms with E-state index in [0.717, 1.165) is 5.56 Å². The summed E-state index contributed by atoms with van der Waals surface area (Å²) < 4.78 is 9.91. The van der Waals surface area contributed by atoms with E-state index in [1.807, 2.05) is 30.3 Å². The van der Waals surface area contributed by atoms with Crippen molar-refractivity contribution in [3.8, 4) is 11.4 Å². The number of esters is 1. The lowest BCUT2D eigenvalue weighted by atomic mass is 10.2. The minimum absolute atomic E-state index is 0.204. The van der Waals surface area contributed by atoms with Crippen molar-refractivity contribution in [3.63, 3.8) is 0 Å². The number of ether oxygens (including phenoxy) is 1. The van der Waals surface area contributed by atoms with Gasteiger partial charge in [0.15, 0.2) is 0 Å². The average Bonchev–Trinajstić information content (AvgIpc) is 3.04. The third-order valence-corrected chi connectivity index (χ3v) is 3.03. The second kappa shape index (κ2) is 6.09. The van der Waals surface area contributed by atoms with Crippen LogP contribution in [0.3, 0.4) is 0 Å². The van der Waals surface area contributed by atoms with E-state index in [2.05, 4.69) is 15.5 Å². The zero-order chi connectivity index (χ0) is 15.4. The number of carbonyl (C=O) groups excluding carboxylic acids is 1. The molecule has 0 unspecified atom stereocenters. The summed E-state index contributed by atoms with van der Waals surface area (Å²) in [7, 11) is 1.33. The maximum Gasteiger partial charge on any atom is 0.339 e. The Hall–Kier alpha value is -3.15. The summed E-state index contributed by atoms with van der Waals surface area (Å²) >= 11 is 0. The van der Waals surface area contributed by atoms with Crippen LogP contribution in [-0.2, 0) is 4.74 Å². The number of methoxy groups -OCH3 is 1. The molecule has 1 aromatic heterocycles. The molecule has 2 aromatic carbocycles. The van der Waals surface area contributed by atoms with E-state index < -0.39 is 5.97 Å². The summed E-state index contributed by atoms with van der Waals surface area (Å²) in [4.78, 5) is 16.0. The van der Waals surface area contributed by atoms with E-state index in [0.29, 0.717) is 17.1 Å². The SMILES string of the molecule is COC(=O)c1ccccc1Nc1nc(-c2ccccc2)no1. The summed E-state index contributed by atoms with van der Waals surface area (Å²) in [5.41, 5.74) is 1.78. The van der Waals surface area contributed by atoms with E-state index in [4.69, 9.17) is 9.26 Å². The zero-order valence-corrected chi connectivity index (χ0v) is 11.8. The molecule has 0 aliphatic heterocycles. The fraction of sp³-hybridized carbons (Fsp3) is 0.0625. The Kier molecular flexibility index (Phi) is 3.82. The van der Waals surface area contributed by atoms with Gasteiger partial charge >= 0.3 is 12.0 Å². The minimum atomic E-state index is -0.439. The van der Waals surface area contributed by atoms with Gasteiger partial charge in [0.05, 0.1) is 18.4 Å². The van der Waals surface area contributed by atoms with Crippen molar-refractivity contribution in [3.05, 3.63) is 60.2 Å². The zero-order valence-electron chi connectivity index (χ0n) is 11.8. The molecule has 0 saturated heterocycles. The smallest absolute Gasteiger partial charge is 0.339 e. The van der Waals surface area contributed by atoms with Crippen LogP contribution in [0.2, 0.25) is 0 Å². The Balaban J connectivity index is 1.86. The topological polar surface area (TPSA) is 77.2 Å². The van der Waals surface area contributed by atoms with Gasteiger partial charge in [0, 0.05) is 5.56 Å². The first-order valence-corrected chi connectivity index (χ1v) is 6.61. The molecule has 6 heteroatoms. The number of carbonyl (C=O) groups is 1. The molecule has 110 valence electrons. The molecule has 22 heavy (non-hydrogen) atoms. The number of hydrogen-bond acceptors (Lipinski definition) is 6. The molecule has 1 heterocycles. The van der Waals surface area contributed by atoms with Gasteiger partial charge in [0.25, 0.3) is 0 Å². The quantitative estimate of drug-likeness (QED) is 0.744. The lowest BCUT2D eigenvalue weighted by Crippen LogP contribution is -2.05. The lowest BCUT2D eigenvalue weighted by Gasteiger charge is -2.06. The highest BCUT2D eigenvalue weighted by molar-refractivity contribution is 5.96. The second-order valence-electron chi connectivity index (χ2n) is 4.45. The van der Waals surface area contributed by atoms with E-state index >= 15 is 0 Å². The Bertz CT molecular complexity index is 784. The van der Waals surface area contributed by atoms with E-state index in [-0.39, 0.29) is 6.01 Å². The summed E-state index contributed by atoms with van der Waals surface area (Å²) in [6.45, 7) is 0. The first kappa shape index (κ1) is 13.8. The maximum atomic E-state index is 11.7. The van der Waals surface area contributed by atoms with Crippen molar-refractivity contribution in [2.24, 2.45) is 0 Å². The lowest BCUT2D eigenvalue weighted by molar-refractivity contribution is 0.0602. The molecule has 6 nitrogen and oxygen atoms in total. The number of hydrogen-bond donors (Lipinski definition) is 1. The molecule has 0 atom stereocenters. The molecule has 0 radical (unpaired) electrons. The summed E-state index contributed by atoms with van der Waals surface area (Å²) in [5.74, 6) is 0.0320. The summed E-state index contributed by atoms with van der Waals surface area (Å²) in [5, 5.41) is 6.85. The molecule has 0 saturated carbocycles. The van der Waals surface area contributed by atoms with Crippen molar-refractivity contribution in [2.75, 3.05) is 12.4 Å². The first-order valence-electron chi connectivity index (χ1n) is 6.61. The average molecular weight is 295 g/mol. The third-order valence-electron chi connectivity index (χ3n) is 3.03. The van der Waals surface area contributed by atoms with Crippen molar-refractivity contribution in [1.29, 1.82) is 0 Å². The Morgan fingerprint density at radius 2 is 1.82 bits per heavy atom. The fourth-order valence-corrected chi connectivity index (χ4v) is 1.97. The highest BCUT2D eigenvalue weighted by Crippen LogP contribution is 2.23. The van der Waals surface area contributed by atoms with Crippen LogP contribution in [-0.4, -0.2) is 23.2 Å². The molecule has 0 bridgehead atoms. The molecule has 0 fully saturated rings. The van der Waals surface area contributed by atoms with Crippen LogP contribution in [0.5, 0.6) is 0 Å². The molecule has 0 aliphatic rings. The molecule has 0 spiro atoms. The first-order chi connectivity index (χ1) is 10.8. The molecule has 0 amide bonds. The fourth-order valence-electron chi connectivity index (χ4n) is 1.97. The van der Waals surface area contributed by atoms with Crippen LogP contribution in [0.25, 0.3) is 11.4 Å². The van der Waals surface area contributed by atoms with Gasteiger partial charge in [0.1, 0.15) is 0 Å². The molecule has 3 rings (SSSR count). The predicted molar refractivity (Wildman–Crippen MR) is 80.8 cm³/mol. The Morgan fingerprint density at radius 3 is 2.59 bits per heavy atom. The summed E-state index contributed by atoms with van der Waals surface area (Å²) in [6.07, 6.45) is 0. The molecular weight excluding hydrogens is 282 g/mol. The van der Waals surface area contributed by atoms with Gasteiger partial charge < -0.3 is 14.6 Å². The molecular formula is C16H13N3O3. The van der Waals surface area contributed by atoms with E-state index in [1.54, 1.807) is 24.3 Å². The van der Waals surface area contributed by atoms with Crippen LogP contribution < -0.4 is 5.32 Å². The van der Waals surface area contributed by atoms with Crippen molar-refractivity contribution < 1.29 is 14.1 Å². The summed E-state index contributed by atoms with van der Waals surface area (Å²) in [6, 6.07) is 16.6.